The molecule has 186 valence electrons. The van der Waals surface area contributed by atoms with Gasteiger partial charge in [0.1, 0.15) is 12.5 Å². The fraction of sp³-hybridized carbons (Fsp3) is 0.400. The maximum atomic E-state index is 14.7. The number of ether oxygens (including phenoxy) is 2. The van der Waals surface area contributed by atoms with Crippen molar-refractivity contribution in [2.24, 2.45) is 5.92 Å². The molecule has 2 unspecified atom stereocenters. The number of nitrogens with zero attached hydrogens (tertiary/aromatic N) is 1. The van der Waals surface area contributed by atoms with Crippen LogP contribution in [-0.2, 0) is 19.1 Å². The van der Waals surface area contributed by atoms with E-state index in [-0.39, 0.29) is 32.3 Å². The first-order valence-corrected chi connectivity index (χ1v) is 11.3. The highest BCUT2D eigenvalue weighted by atomic mass is 19.3. The SMILES string of the molecule is CCN(C(=O)C(F)(F)CNC(=O)OCC1c2ccccc2-c2ccccc21)C1COCC1C(=O)O. The summed E-state index contributed by atoms with van der Waals surface area (Å²) < 4.78 is 39.7. The Morgan fingerprint density at radius 3 is 2.26 bits per heavy atom. The molecule has 8 nitrogen and oxygen atoms in total. The summed E-state index contributed by atoms with van der Waals surface area (Å²) in [5, 5.41) is 11.3. The topological polar surface area (TPSA) is 105 Å². The molecule has 4 rings (SSSR count). The second-order valence-electron chi connectivity index (χ2n) is 8.52. The predicted molar refractivity (Wildman–Crippen MR) is 121 cm³/mol. The fourth-order valence-corrected chi connectivity index (χ4v) is 4.73. The molecule has 1 aliphatic carbocycles. The number of fused-ring (bicyclic) bond motifs is 3. The van der Waals surface area contributed by atoms with E-state index in [1.165, 1.54) is 6.92 Å². The summed E-state index contributed by atoms with van der Waals surface area (Å²) >= 11 is 0. The van der Waals surface area contributed by atoms with E-state index in [0.717, 1.165) is 27.2 Å². The van der Waals surface area contributed by atoms with E-state index in [2.05, 4.69) is 0 Å². The molecule has 0 bridgehead atoms. The lowest BCUT2D eigenvalue weighted by molar-refractivity contribution is -0.161. The number of alkyl carbamates (subject to hydrolysis) is 1. The van der Waals surface area contributed by atoms with Gasteiger partial charge in [-0.25, -0.2) is 4.79 Å². The highest BCUT2D eigenvalue weighted by molar-refractivity contribution is 5.85. The number of hydrogen-bond acceptors (Lipinski definition) is 5. The van der Waals surface area contributed by atoms with Gasteiger partial charge in [0.2, 0.25) is 0 Å². The number of carbonyl (C=O) groups excluding carboxylic acids is 2. The van der Waals surface area contributed by atoms with Crippen LogP contribution in [0.2, 0.25) is 0 Å². The van der Waals surface area contributed by atoms with Crippen molar-refractivity contribution < 1.29 is 37.7 Å². The second-order valence-corrected chi connectivity index (χ2v) is 8.52. The minimum absolute atomic E-state index is 0.0554. The smallest absolute Gasteiger partial charge is 0.407 e. The Bertz CT molecular complexity index is 1080. The number of carboxylic acids is 1. The van der Waals surface area contributed by atoms with E-state index < -0.39 is 42.4 Å². The van der Waals surface area contributed by atoms with Crippen molar-refractivity contribution in [2.75, 3.05) is 32.9 Å². The highest BCUT2D eigenvalue weighted by Crippen LogP contribution is 2.44. The van der Waals surface area contributed by atoms with Gasteiger partial charge in [0.25, 0.3) is 5.91 Å². The van der Waals surface area contributed by atoms with E-state index >= 15 is 0 Å². The van der Waals surface area contributed by atoms with E-state index in [1.807, 2.05) is 53.8 Å². The van der Waals surface area contributed by atoms with Gasteiger partial charge in [0.15, 0.2) is 0 Å². The molecule has 2 N–H and O–H groups in total. The molecule has 2 amide bonds. The van der Waals surface area contributed by atoms with Gasteiger partial charge in [-0.15, -0.1) is 0 Å². The quantitative estimate of drug-likeness (QED) is 0.592. The molecule has 1 fully saturated rings. The van der Waals surface area contributed by atoms with Crippen LogP contribution in [0, 0.1) is 5.92 Å². The van der Waals surface area contributed by atoms with Gasteiger partial charge in [-0.3, -0.25) is 9.59 Å². The van der Waals surface area contributed by atoms with Crippen LogP contribution in [-0.4, -0.2) is 72.9 Å². The molecule has 2 aromatic carbocycles. The highest BCUT2D eigenvalue weighted by Gasteiger charge is 2.48. The van der Waals surface area contributed by atoms with Gasteiger partial charge in [-0.1, -0.05) is 48.5 Å². The van der Waals surface area contributed by atoms with Crippen molar-refractivity contribution in [1.29, 1.82) is 0 Å². The van der Waals surface area contributed by atoms with Gasteiger partial charge in [-0.05, 0) is 29.2 Å². The van der Waals surface area contributed by atoms with Crippen LogP contribution in [0.5, 0.6) is 0 Å². The Morgan fingerprint density at radius 2 is 1.69 bits per heavy atom. The molecule has 2 atom stereocenters. The molecular weight excluding hydrogens is 462 g/mol. The third-order valence-electron chi connectivity index (χ3n) is 6.48. The number of nitrogens with one attached hydrogen (secondary N) is 1. The molecular formula is C25H26F2N2O6. The standard InChI is InChI=1S/C25H26F2N2O6/c1-2-29(21-13-34-11-20(21)22(30)31)23(32)25(26,27)14-28-24(33)35-12-19-17-9-5-3-7-15(17)16-8-4-6-10-18(16)19/h3-10,19-21H,2,11-14H2,1H3,(H,28,33)(H,30,31). The van der Waals surface area contributed by atoms with E-state index in [0.29, 0.717) is 0 Å². The molecule has 2 aromatic rings. The number of carbonyl (C=O) groups is 3. The molecule has 0 spiro atoms. The maximum Gasteiger partial charge on any atom is 0.407 e. The van der Waals surface area contributed by atoms with Crippen molar-refractivity contribution in [1.82, 2.24) is 10.2 Å². The van der Waals surface area contributed by atoms with Gasteiger partial charge < -0.3 is 24.8 Å². The lowest BCUT2D eigenvalue weighted by atomic mass is 9.98. The first kappa shape index (κ1) is 24.6. The monoisotopic (exact) mass is 488 g/mol. The van der Waals surface area contributed by atoms with Crippen molar-refractivity contribution in [2.45, 2.75) is 24.8 Å². The Kier molecular flexibility index (Phi) is 7.02. The molecule has 1 heterocycles. The molecule has 10 heteroatoms. The second kappa shape index (κ2) is 9.99. The summed E-state index contributed by atoms with van der Waals surface area (Å²) in [7, 11) is 0. The number of amides is 2. The maximum absolute atomic E-state index is 14.7. The Morgan fingerprint density at radius 1 is 1.09 bits per heavy atom. The third kappa shape index (κ3) is 4.84. The fourth-order valence-electron chi connectivity index (χ4n) is 4.73. The number of halogens is 2. The Hall–Kier alpha value is -3.53. The summed E-state index contributed by atoms with van der Waals surface area (Å²) in [6, 6.07) is 14.4. The zero-order valence-corrected chi connectivity index (χ0v) is 19.1. The van der Waals surface area contributed by atoms with Crippen LogP contribution in [0.4, 0.5) is 13.6 Å². The van der Waals surface area contributed by atoms with Gasteiger partial charge >= 0.3 is 18.0 Å². The molecule has 1 aliphatic heterocycles. The summed E-state index contributed by atoms with van der Waals surface area (Å²) in [5.74, 6) is -8.07. The number of hydrogen-bond donors (Lipinski definition) is 2. The normalized spacial score (nSPS) is 19.1. The first-order chi connectivity index (χ1) is 16.7. The zero-order chi connectivity index (χ0) is 25.2. The first-order valence-electron chi connectivity index (χ1n) is 11.3. The summed E-state index contributed by atoms with van der Waals surface area (Å²) in [6.45, 7) is -0.286. The van der Waals surface area contributed by atoms with Gasteiger partial charge in [0.05, 0.1) is 25.8 Å². The van der Waals surface area contributed by atoms with Gasteiger partial charge in [-0.2, -0.15) is 8.78 Å². The van der Waals surface area contributed by atoms with Crippen molar-refractivity contribution in [3.05, 3.63) is 59.7 Å². The molecule has 0 saturated carbocycles. The van der Waals surface area contributed by atoms with Crippen LogP contribution in [0.25, 0.3) is 11.1 Å². The average Bonchev–Trinajstić information content (AvgIpc) is 3.45. The van der Waals surface area contributed by atoms with Crippen LogP contribution in [0.1, 0.15) is 24.0 Å². The number of alkyl halides is 2. The Balaban J connectivity index is 1.36. The summed E-state index contributed by atoms with van der Waals surface area (Å²) in [4.78, 5) is 37.0. The number of aliphatic carboxylic acids is 1. The molecule has 0 radical (unpaired) electrons. The minimum atomic E-state index is -3.95. The van der Waals surface area contributed by atoms with Crippen molar-refractivity contribution in [3.63, 3.8) is 0 Å². The number of rotatable bonds is 8. The van der Waals surface area contributed by atoms with Crippen LogP contribution in [0.3, 0.4) is 0 Å². The summed E-state index contributed by atoms with van der Waals surface area (Å²) in [6.07, 6.45) is -1.07. The number of carboxylic acid groups (broad SMARTS) is 1. The van der Waals surface area contributed by atoms with Crippen molar-refractivity contribution >= 4 is 18.0 Å². The molecule has 1 saturated heterocycles. The molecule has 35 heavy (non-hydrogen) atoms. The lowest BCUT2D eigenvalue weighted by Gasteiger charge is -2.32. The van der Waals surface area contributed by atoms with E-state index in [1.54, 1.807) is 0 Å². The van der Waals surface area contributed by atoms with Crippen LogP contribution >= 0.6 is 0 Å². The average molecular weight is 488 g/mol. The largest absolute Gasteiger partial charge is 0.481 e. The molecule has 2 aliphatic rings. The van der Waals surface area contributed by atoms with Crippen LogP contribution in [0.15, 0.2) is 48.5 Å². The molecule has 0 aromatic heterocycles. The van der Waals surface area contributed by atoms with Crippen LogP contribution < -0.4 is 5.32 Å². The van der Waals surface area contributed by atoms with Gasteiger partial charge in [0, 0.05) is 12.5 Å². The van der Waals surface area contributed by atoms with E-state index in [4.69, 9.17) is 9.47 Å². The predicted octanol–water partition coefficient (Wildman–Crippen LogP) is 3.11. The minimum Gasteiger partial charge on any atom is -0.481 e. The zero-order valence-electron chi connectivity index (χ0n) is 19.1. The summed E-state index contributed by atoms with van der Waals surface area (Å²) in [5.41, 5.74) is 4.02. The third-order valence-corrected chi connectivity index (χ3v) is 6.48. The van der Waals surface area contributed by atoms with Crippen molar-refractivity contribution in [3.8, 4) is 11.1 Å². The number of likely N-dealkylation sites (N-methyl/N-ethyl adjacent to an activating group) is 1. The van der Waals surface area contributed by atoms with E-state index in [9.17, 15) is 28.3 Å². The lowest BCUT2D eigenvalue weighted by Crippen LogP contribution is -2.55. The number of benzene rings is 2. The Labute approximate surface area is 200 Å².